The van der Waals surface area contributed by atoms with Gasteiger partial charge < -0.3 is 14.5 Å². The molecule has 1 aliphatic rings. The summed E-state index contributed by atoms with van der Waals surface area (Å²) in [5.74, 6) is 0.770. The van der Waals surface area contributed by atoms with Gasteiger partial charge in [-0.2, -0.15) is 5.10 Å². The van der Waals surface area contributed by atoms with E-state index in [-0.39, 0.29) is 18.0 Å². The number of aryl methyl sites for hydroxylation is 1. The van der Waals surface area contributed by atoms with E-state index in [1.807, 2.05) is 31.2 Å². The first kappa shape index (κ1) is 19.0. The van der Waals surface area contributed by atoms with Gasteiger partial charge in [0.1, 0.15) is 24.0 Å². The van der Waals surface area contributed by atoms with Gasteiger partial charge in [-0.3, -0.25) is 18.8 Å². The molecule has 1 fully saturated rings. The molecule has 0 N–H and O–H groups in total. The van der Waals surface area contributed by atoms with Gasteiger partial charge in [0, 0.05) is 33.2 Å². The molecule has 3 heterocycles. The molecule has 4 rings (SSSR count). The second-order valence-corrected chi connectivity index (χ2v) is 6.95. The quantitative estimate of drug-likeness (QED) is 0.636. The fourth-order valence-corrected chi connectivity index (χ4v) is 3.62. The number of anilines is 1. The van der Waals surface area contributed by atoms with Crippen molar-refractivity contribution in [2.24, 2.45) is 7.05 Å². The molecule has 1 aromatic carbocycles. The topological polar surface area (TPSA) is 85.5 Å². The molecule has 9 heteroatoms. The van der Waals surface area contributed by atoms with Crippen LogP contribution in [-0.4, -0.2) is 62.9 Å². The number of nitrogens with zero attached hydrogens (tertiary/aromatic N) is 6. The number of ether oxygens (including phenoxy) is 1. The zero-order valence-electron chi connectivity index (χ0n) is 16.6. The zero-order valence-corrected chi connectivity index (χ0v) is 16.6. The minimum Gasteiger partial charge on any atom is -0.492 e. The van der Waals surface area contributed by atoms with Crippen molar-refractivity contribution in [3.63, 3.8) is 0 Å². The van der Waals surface area contributed by atoms with Crippen LogP contribution in [0.15, 0.2) is 41.6 Å². The highest BCUT2D eigenvalue weighted by molar-refractivity contribution is 5.77. The van der Waals surface area contributed by atoms with E-state index in [4.69, 9.17) is 4.74 Å². The molecule has 0 saturated carbocycles. The number of fused-ring (bicyclic) bond motifs is 1. The fourth-order valence-electron chi connectivity index (χ4n) is 3.62. The maximum atomic E-state index is 12.7. The molecule has 152 valence electrons. The Morgan fingerprint density at radius 2 is 1.93 bits per heavy atom. The number of amides is 1. The van der Waals surface area contributed by atoms with E-state index in [9.17, 15) is 9.59 Å². The summed E-state index contributed by atoms with van der Waals surface area (Å²) in [6.45, 7) is 5.17. The maximum Gasteiger partial charge on any atom is 0.264 e. The van der Waals surface area contributed by atoms with Crippen LogP contribution in [0.5, 0.6) is 5.75 Å². The van der Waals surface area contributed by atoms with Gasteiger partial charge in [0.25, 0.3) is 5.56 Å². The Morgan fingerprint density at radius 3 is 2.69 bits per heavy atom. The number of para-hydroxylation sites is 2. The Hall–Kier alpha value is -3.36. The number of piperazine rings is 1. The minimum atomic E-state index is -0.249. The molecular formula is C20H24N6O3. The molecular weight excluding hydrogens is 372 g/mol. The lowest BCUT2D eigenvalue weighted by Crippen LogP contribution is -2.50. The largest absolute Gasteiger partial charge is 0.492 e. The highest BCUT2D eigenvalue weighted by atomic mass is 16.5. The predicted molar refractivity (Wildman–Crippen MR) is 109 cm³/mol. The second-order valence-electron chi connectivity index (χ2n) is 6.95. The van der Waals surface area contributed by atoms with E-state index in [0.717, 1.165) is 11.4 Å². The Kier molecular flexibility index (Phi) is 5.20. The van der Waals surface area contributed by atoms with Crippen molar-refractivity contribution >= 4 is 22.6 Å². The Labute approximate surface area is 168 Å². The lowest BCUT2D eigenvalue weighted by atomic mass is 10.2. The Bertz CT molecular complexity index is 1080. The van der Waals surface area contributed by atoms with E-state index in [2.05, 4.69) is 15.0 Å². The van der Waals surface area contributed by atoms with E-state index < -0.39 is 0 Å². The number of hydrogen-bond acceptors (Lipinski definition) is 6. The van der Waals surface area contributed by atoms with Gasteiger partial charge in [-0.05, 0) is 19.1 Å². The van der Waals surface area contributed by atoms with Crippen molar-refractivity contribution in [3.8, 4) is 5.75 Å². The van der Waals surface area contributed by atoms with Crippen LogP contribution in [0, 0.1) is 0 Å². The second kappa shape index (κ2) is 7.94. The summed E-state index contributed by atoms with van der Waals surface area (Å²) in [7, 11) is 1.73. The summed E-state index contributed by atoms with van der Waals surface area (Å²) in [5.41, 5.74) is 1.31. The molecule has 0 radical (unpaired) electrons. The van der Waals surface area contributed by atoms with E-state index >= 15 is 0 Å². The van der Waals surface area contributed by atoms with Crippen LogP contribution in [0.3, 0.4) is 0 Å². The predicted octanol–water partition coefficient (Wildman–Crippen LogP) is 0.877. The first-order valence-electron chi connectivity index (χ1n) is 9.70. The summed E-state index contributed by atoms with van der Waals surface area (Å²) >= 11 is 0. The SMILES string of the molecule is CCOc1ccccc1N1CCN(C(=O)Cn2cnc3c(cnn3C)c2=O)CC1. The van der Waals surface area contributed by atoms with Crippen molar-refractivity contribution in [3.05, 3.63) is 47.1 Å². The lowest BCUT2D eigenvalue weighted by Gasteiger charge is -2.36. The number of carbonyl (C=O) groups excluding carboxylic acids is 1. The Morgan fingerprint density at radius 1 is 1.17 bits per heavy atom. The van der Waals surface area contributed by atoms with Gasteiger partial charge in [0.2, 0.25) is 5.91 Å². The van der Waals surface area contributed by atoms with Crippen molar-refractivity contribution in [2.45, 2.75) is 13.5 Å². The summed E-state index contributed by atoms with van der Waals surface area (Å²) in [6.07, 6.45) is 2.90. The van der Waals surface area contributed by atoms with Gasteiger partial charge in [-0.1, -0.05) is 12.1 Å². The smallest absolute Gasteiger partial charge is 0.264 e. The molecule has 1 aliphatic heterocycles. The fraction of sp³-hybridized carbons (Fsp3) is 0.400. The van der Waals surface area contributed by atoms with Crippen LogP contribution in [0.4, 0.5) is 5.69 Å². The summed E-state index contributed by atoms with van der Waals surface area (Å²) in [4.78, 5) is 33.6. The van der Waals surface area contributed by atoms with E-state index in [1.54, 1.807) is 16.6 Å². The van der Waals surface area contributed by atoms with Crippen LogP contribution in [0.1, 0.15) is 6.92 Å². The van der Waals surface area contributed by atoms with Crippen molar-refractivity contribution in [1.29, 1.82) is 0 Å². The first-order chi connectivity index (χ1) is 14.1. The van der Waals surface area contributed by atoms with Gasteiger partial charge in [0.15, 0.2) is 5.65 Å². The Balaban J connectivity index is 1.42. The molecule has 0 unspecified atom stereocenters. The van der Waals surface area contributed by atoms with Crippen LogP contribution in [0.25, 0.3) is 11.0 Å². The number of carbonyl (C=O) groups is 1. The number of rotatable bonds is 5. The molecule has 1 amide bonds. The molecule has 3 aromatic rings. The molecule has 0 spiro atoms. The van der Waals surface area contributed by atoms with Crippen molar-refractivity contribution < 1.29 is 9.53 Å². The summed E-state index contributed by atoms with van der Waals surface area (Å²) < 4.78 is 8.61. The van der Waals surface area contributed by atoms with Gasteiger partial charge in [-0.15, -0.1) is 0 Å². The monoisotopic (exact) mass is 396 g/mol. The standard InChI is InChI=1S/C20H24N6O3/c1-3-29-17-7-5-4-6-16(17)24-8-10-25(11-9-24)18(27)13-26-14-21-19-15(20(26)28)12-22-23(19)2/h4-7,12,14H,3,8-11,13H2,1-2H3. The first-order valence-corrected chi connectivity index (χ1v) is 9.70. The summed E-state index contributed by atoms with van der Waals surface area (Å²) in [5, 5.41) is 4.47. The minimum absolute atomic E-state index is 0.0216. The maximum absolute atomic E-state index is 12.7. The van der Waals surface area contributed by atoms with Crippen LogP contribution in [0.2, 0.25) is 0 Å². The highest BCUT2D eigenvalue weighted by Gasteiger charge is 2.23. The third kappa shape index (κ3) is 3.67. The third-order valence-electron chi connectivity index (χ3n) is 5.16. The lowest BCUT2D eigenvalue weighted by molar-refractivity contribution is -0.132. The van der Waals surface area contributed by atoms with Crippen LogP contribution in [-0.2, 0) is 18.4 Å². The van der Waals surface area contributed by atoms with Crippen LogP contribution >= 0.6 is 0 Å². The van der Waals surface area contributed by atoms with Gasteiger partial charge in [0.05, 0.1) is 18.5 Å². The molecule has 0 atom stereocenters. The van der Waals surface area contributed by atoms with E-state index in [0.29, 0.717) is 43.8 Å². The average molecular weight is 396 g/mol. The molecule has 2 aromatic heterocycles. The van der Waals surface area contributed by atoms with Gasteiger partial charge in [-0.25, -0.2) is 4.98 Å². The number of aromatic nitrogens is 4. The zero-order chi connectivity index (χ0) is 20.4. The van der Waals surface area contributed by atoms with Crippen molar-refractivity contribution in [2.75, 3.05) is 37.7 Å². The molecule has 0 bridgehead atoms. The molecule has 0 aliphatic carbocycles. The van der Waals surface area contributed by atoms with Gasteiger partial charge >= 0.3 is 0 Å². The van der Waals surface area contributed by atoms with Crippen LogP contribution < -0.4 is 15.2 Å². The number of hydrogen-bond donors (Lipinski definition) is 0. The van der Waals surface area contributed by atoms with E-state index in [1.165, 1.54) is 17.1 Å². The third-order valence-corrected chi connectivity index (χ3v) is 5.16. The molecule has 9 nitrogen and oxygen atoms in total. The summed E-state index contributed by atoms with van der Waals surface area (Å²) in [6, 6.07) is 7.95. The highest BCUT2D eigenvalue weighted by Crippen LogP contribution is 2.28. The molecule has 29 heavy (non-hydrogen) atoms. The average Bonchev–Trinajstić information content (AvgIpc) is 3.12. The number of benzene rings is 1. The molecule has 1 saturated heterocycles. The van der Waals surface area contributed by atoms with Crippen molar-refractivity contribution in [1.82, 2.24) is 24.2 Å². The normalized spacial score (nSPS) is 14.4.